The van der Waals surface area contributed by atoms with Gasteiger partial charge in [0.25, 0.3) is 5.56 Å². The molecule has 0 atom stereocenters. The van der Waals surface area contributed by atoms with E-state index in [1.807, 2.05) is 104 Å². The van der Waals surface area contributed by atoms with Gasteiger partial charge in [0.05, 0.1) is 16.6 Å². The van der Waals surface area contributed by atoms with Crippen molar-refractivity contribution in [3.8, 4) is 17.5 Å². The van der Waals surface area contributed by atoms with Gasteiger partial charge in [0.2, 0.25) is 0 Å². The van der Waals surface area contributed by atoms with Gasteiger partial charge in [0.1, 0.15) is 5.82 Å². The fraction of sp³-hybridized carbons (Fsp3) is 0.0625. The van der Waals surface area contributed by atoms with E-state index in [-0.39, 0.29) is 5.56 Å². The first kappa shape index (κ1) is 22.1. The molecule has 0 saturated heterocycles. The van der Waals surface area contributed by atoms with Crippen molar-refractivity contribution in [1.29, 1.82) is 0 Å². The van der Waals surface area contributed by atoms with Gasteiger partial charge in [-0.3, -0.25) is 9.36 Å². The van der Waals surface area contributed by atoms with Crippen LogP contribution < -0.4 is 5.56 Å². The van der Waals surface area contributed by atoms with Crippen LogP contribution in [-0.4, -0.2) is 9.55 Å². The molecule has 0 amide bonds. The first-order valence-electron chi connectivity index (χ1n) is 11.5. The van der Waals surface area contributed by atoms with Gasteiger partial charge in [-0.25, -0.2) is 4.98 Å². The third-order valence-electron chi connectivity index (χ3n) is 5.96. The van der Waals surface area contributed by atoms with Crippen LogP contribution in [0.3, 0.4) is 0 Å². The summed E-state index contributed by atoms with van der Waals surface area (Å²) in [5, 5.41) is 0.591. The molecule has 0 bridgehead atoms. The number of aromatic nitrogens is 2. The van der Waals surface area contributed by atoms with Crippen LogP contribution in [0.1, 0.15) is 33.6 Å². The summed E-state index contributed by atoms with van der Waals surface area (Å²) < 4.78 is 1.70. The highest BCUT2D eigenvalue weighted by Gasteiger charge is 2.13. The number of benzene rings is 4. The molecule has 0 N–H and O–H groups in total. The second-order valence-corrected chi connectivity index (χ2v) is 8.43. The minimum absolute atomic E-state index is 0.0914. The lowest BCUT2D eigenvalue weighted by molar-refractivity contribution is 0.934. The van der Waals surface area contributed by atoms with Crippen molar-refractivity contribution in [2.75, 3.05) is 0 Å². The zero-order chi connectivity index (χ0) is 24.2. The Morgan fingerprint density at radius 3 is 2.23 bits per heavy atom. The molecule has 5 aromatic rings. The second kappa shape index (κ2) is 9.67. The van der Waals surface area contributed by atoms with Gasteiger partial charge in [0, 0.05) is 11.1 Å². The van der Waals surface area contributed by atoms with E-state index >= 15 is 0 Å². The van der Waals surface area contributed by atoms with Crippen LogP contribution in [0.4, 0.5) is 0 Å². The average Bonchev–Trinajstić information content (AvgIpc) is 2.88. The van der Waals surface area contributed by atoms with E-state index in [0.717, 1.165) is 33.5 Å². The van der Waals surface area contributed by atoms with E-state index < -0.39 is 0 Å². The van der Waals surface area contributed by atoms with Crippen molar-refractivity contribution in [2.24, 2.45) is 0 Å². The zero-order valence-electron chi connectivity index (χ0n) is 19.7. The largest absolute Gasteiger partial charge is 0.268 e. The molecule has 4 aromatic carbocycles. The Bertz CT molecular complexity index is 1680. The molecular weight excluding hydrogens is 428 g/mol. The summed E-state index contributed by atoms with van der Waals surface area (Å²) in [7, 11) is 0. The first-order valence-corrected chi connectivity index (χ1v) is 11.5. The van der Waals surface area contributed by atoms with Crippen LogP contribution in [0.25, 0.3) is 28.7 Å². The number of para-hydroxylation sites is 1. The van der Waals surface area contributed by atoms with E-state index in [2.05, 4.69) is 30.9 Å². The van der Waals surface area contributed by atoms with E-state index in [9.17, 15) is 4.79 Å². The molecule has 1 aromatic heterocycles. The Labute approximate surface area is 205 Å². The van der Waals surface area contributed by atoms with Crippen LogP contribution >= 0.6 is 0 Å². The van der Waals surface area contributed by atoms with Crippen molar-refractivity contribution < 1.29 is 0 Å². The van der Waals surface area contributed by atoms with Crippen molar-refractivity contribution in [3.05, 3.63) is 141 Å². The summed E-state index contributed by atoms with van der Waals surface area (Å²) >= 11 is 0. The number of hydrogen-bond donors (Lipinski definition) is 0. The number of aryl methyl sites for hydroxylation is 2. The molecule has 0 saturated carbocycles. The maximum atomic E-state index is 13.6. The molecule has 168 valence electrons. The predicted molar refractivity (Wildman–Crippen MR) is 145 cm³/mol. The number of fused-ring (bicyclic) bond motifs is 1. The Kier molecular flexibility index (Phi) is 6.11. The van der Waals surface area contributed by atoms with Crippen molar-refractivity contribution in [2.45, 2.75) is 13.8 Å². The highest BCUT2D eigenvalue weighted by molar-refractivity contribution is 5.80. The molecule has 1 heterocycles. The third kappa shape index (κ3) is 4.69. The first-order chi connectivity index (χ1) is 17.1. The molecule has 0 aliphatic heterocycles. The SMILES string of the molecule is Cc1ccccc1/C=C/c1nc2ccccc2c(=O)n1-c1ccc(C#Cc2ccccc2)cc1C. The van der Waals surface area contributed by atoms with Crippen LogP contribution in [0.15, 0.2) is 102 Å². The smallest absolute Gasteiger partial charge is 0.266 e. The molecule has 0 spiro atoms. The maximum absolute atomic E-state index is 13.6. The van der Waals surface area contributed by atoms with Gasteiger partial charge in [0.15, 0.2) is 0 Å². The fourth-order valence-electron chi connectivity index (χ4n) is 4.08. The van der Waals surface area contributed by atoms with Gasteiger partial charge >= 0.3 is 0 Å². The van der Waals surface area contributed by atoms with Crippen molar-refractivity contribution in [1.82, 2.24) is 9.55 Å². The molecular formula is C32H24N2O. The molecule has 3 nitrogen and oxygen atoms in total. The Morgan fingerprint density at radius 2 is 1.43 bits per heavy atom. The van der Waals surface area contributed by atoms with Crippen LogP contribution in [0, 0.1) is 25.7 Å². The fourth-order valence-corrected chi connectivity index (χ4v) is 4.08. The number of rotatable bonds is 3. The van der Waals surface area contributed by atoms with Gasteiger partial charge in [-0.2, -0.15) is 0 Å². The van der Waals surface area contributed by atoms with E-state index in [1.54, 1.807) is 4.57 Å². The Hall–Kier alpha value is -4.68. The van der Waals surface area contributed by atoms with Crippen LogP contribution in [0.5, 0.6) is 0 Å². The van der Waals surface area contributed by atoms with E-state index in [4.69, 9.17) is 4.98 Å². The molecule has 0 fully saturated rings. The van der Waals surface area contributed by atoms with Gasteiger partial charge in [-0.1, -0.05) is 72.5 Å². The minimum Gasteiger partial charge on any atom is -0.268 e. The molecule has 3 heteroatoms. The minimum atomic E-state index is -0.0914. The molecule has 0 aliphatic rings. The topological polar surface area (TPSA) is 34.9 Å². The monoisotopic (exact) mass is 452 g/mol. The molecule has 0 aliphatic carbocycles. The average molecular weight is 453 g/mol. The summed E-state index contributed by atoms with van der Waals surface area (Å²) in [6, 6.07) is 31.4. The van der Waals surface area contributed by atoms with Crippen LogP contribution in [-0.2, 0) is 0 Å². The van der Waals surface area contributed by atoms with Gasteiger partial charge in [-0.15, -0.1) is 0 Å². The summed E-state index contributed by atoms with van der Waals surface area (Å²) in [5.74, 6) is 7.01. The van der Waals surface area contributed by atoms with Gasteiger partial charge < -0.3 is 0 Å². The highest BCUT2D eigenvalue weighted by atomic mass is 16.1. The predicted octanol–water partition coefficient (Wildman–Crippen LogP) is 6.57. The van der Waals surface area contributed by atoms with Crippen LogP contribution in [0.2, 0.25) is 0 Å². The summed E-state index contributed by atoms with van der Waals surface area (Å²) in [4.78, 5) is 18.5. The normalized spacial score (nSPS) is 10.9. The summed E-state index contributed by atoms with van der Waals surface area (Å²) in [6.45, 7) is 4.07. The second-order valence-electron chi connectivity index (χ2n) is 8.43. The highest BCUT2D eigenvalue weighted by Crippen LogP contribution is 2.20. The van der Waals surface area contributed by atoms with Gasteiger partial charge in [-0.05, 0) is 79.1 Å². The lowest BCUT2D eigenvalue weighted by atomic mass is 10.1. The van der Waals surface area contributed by atoms with E-state index in [1.165, 1.54) is 0 Å². The van der Waals surface area contributed by atoms with Crippen molar-refractivity contribution in [3.63, 3.8) is 0 Å². The Balaban J connectivity index is 1.63. The number of nitrogens with zero attached hydrogens (tertiary/aromatic N) is 2. The lowest BCUT2D eigenvalue weighted by Crippen LogP contribution is -2.23. The maximum Gasteiger partial charge on any atom is 0.266 e. The zero-order valence-corrected chi connectivity index (χ0v) is 19.7. The van der Waals surface area contributed by atoms with Crippen molar-refractivity contribution >= 4 is 23.1 Å². The Morgan fingerprint density at radius 1 is 0.714 bits per heavy atom. The molecule has 5 rings (SSSR count). The lowest BCUT2D eigenvalue weighted by Gasteiger charge is -2.14. The molecule has 0 radical (unpaired) electrons. The summed E-state index contributed by atoms with van der Waals surface area (Å²) in [5.41, 5.74) is 6.45. The molecule has 0 unspecified atom stereocenters. The number of hydrogen-bond acceptors (Lipinski definition) is 2. The quantitative estimate of drug-likeness (QED) is 0.290. The summed E-state index contributed by atoms with van der Waals surface area (Å²) in [6.07, 6.45) is 3.93. The standard InChI is InChI=1S/C32H24N2O/c1-23-10-6-7-13-27(23)19-21-31-33-29-15-9-8-14-28(29)32(35)34(31)30-20-18-26(22-24(30)2)17-16-25-11-4-3-5-12-25/h3-15,18-22H,1-2H3/b21-19+. The third-order valence-corrected chi connectivity index (χ3v) is 5.96. The molecule has 35 heavy (non-hydrogen) atoms. The van der Waals surface area contributed by atoms with E-state index in [0.29, 0.717) is 16.7 Å².